The molecular formula is C8H15N2OS. The van der Waals surface area contributed by atoms with Crippen molar-refractivity contribution < 1.29 is 4.79 Å². The molecule has 3 nitrogen and oxygen atoms in total. The quantitative estimate of drug-likeness (QED) is 0.631. The van der Waals surface area contributed by atoms with E-state index in [1.807, 2.05) is 6.41 Å². The molecule has 1 heterocycles. The number of hydrazine groups is 1. The summed E-state index contributed by atoms with van der Waals surface area (Å²) >= 11 is 1.60. The van der Waals surface area contributed by atoms with Crippen molar-refractivity contribution in [2.75, 3.05) is 12.3 Å². The maximum Gasteiger partial charge on any atom is 0.328 e. The molecule has 1 rings (SSSR count). The summed E-state index contributed by atoms with van der Waals surface area (Å²) < 4.78 is 0. The molecule has 0 aliphatic carbocycles. The molecule has 0 spiro atoms. The van der Waals surface area contributed by atoms with Gasteiger partial charge in [0, 0.05) is 12.3 Å². The molecule has 0 bridgehead atoms. The van der Waals surface area contributed by atoms with Crippen molar-refractivity contribution in [2.24, 2.45) is 0 Å². The van der Waals surface area contributed by atoms with Crippen LogP contribution in [-0.2, 0) is 4.79 Å². The average molecular weight is 187 g/mol. The Balaban J connectivity index is 2.21. The van der Waals surface area contributed by atoms with Gasteiger partial charge in [-0.2, -0.15) is 4.83 Å². The van der Waals surface area contributed by atoms with Crippen LogP contribution in [-0.4, -0.2) is 23.7 Å². The maximum absolute atomic E-state index is 10.3. The van der Waals surface area contributed by atoms with Crippen LogP contribution < -0.4 is 4.83 Å². The van der Waals surface area contributed by atoms with Crippen LogP contribution in [0.2, 0.25) is 0 Å². The first-order chi connectivity index (χ1) is 5.93. The third-order valence-corrected chi connectivity index (χ3v) is 2.76. The standard InChI is InChI=1S/C8H15N2OS/c11-8-10-6-4-2-1-3-5-7-12-9-10/h9H,1-7H2. The topological polar surface area (TPSA) is 32.3 Å². The average Bonchev–Trinajstić information content (AvgIpc) is 2.14. The first-order valence-corrected chi connectivity index (χ1v) is 5.45. The summed E-state index contributed by atoms with van der Waals surface area (Å²) in [4.78, 5) is 13.3. The smallest absolute Gasteiger partial charge is 0.262 e. The lowest BCUT2D eigenvalue weighted by atomic mass is 10.1. The molecule has 4 heteroatoms. The summed E-state index contributed by atoms with van der Waals surface area (Å²) in [5.74, 6) is 1.08. The lowest BCUT2D eigenvalue weighted by Gasteiger charge is -2.17. The molecule has 0 atom stereocenters. The van der Waals surface area contributed by atoms with Crippen LogP contribution in [0.25, 0.3) is 0 Å². The Hall–Kier alpha value is -0.220. The van der Waals surface area contributed by atoms with E-state index < -0.39 is 0 Å². The van der Waals surface area contributed by atoms with Crippen LogP contribution in [0.1, 0.15) is 32.1 Å². The van der Waals surface area contributed by atoms with Gasteiger partial charge in [0.2, 0.25) is 0 Å². The molecule has 69 valence electrons. The van der Waals surface area contributed by atoms with E-state index in [2.05, 4.69) is 4.83 Å². The largest absolute Gasteiger partial charge is 0.328 e. The first-order valence-electron chi connectivity index (χ1n) is 4.46. The molecule has 1 fully saturated rings. The first kappa shape index (κ1) is 9.86. The van der Waals surface area contributed by atoms with E-state index >= 15 is 0 Å². The van der Waals surface area contributed by atoms with Gasteiger partial charge in [0.05, 0.1) is 0 Å². The van der Waals surface area contributed by atoms with Crippen molar-refractivity contribution >= 4 is 18.4 Å². The Morgan fingerprint density at radius 2 is 1.92 bits per heavy atom. The molecule has 0 aromatic carbocycles. The fraction of sp³-hybridized carbons (Fsp3) is 0.875. The number of amides is 1. The molecule has 1 amide bonds. The number of hydrogen-bond acceptors (Lipinski definition) is 3. The van der Waals surface area contributed by atoms with Gasteiger partial charge in [-0.1, -0.05) is 31.2 Å². The van der Waals surface area contributed by atoms with Gasteiger partial charge in [0.1, 0.15) is 0 Å². The Labute approximate surface area is 78.0 Å². The maximum atomic E-state index is 10.3. The molecule has 1 saturated heterocycles. The summed E-state index contributed by atoms with van der Waals surface area (Å²) in [5, 5.41) is 1.51. The zero-order valence-electron chi connectivity index (χ0n) is 7.21. The Kier molecular flexibility index (Phi) is 5.19. The van der Waals surface area contributed by atoms with E-state index in [4.69, 9.17) is 0 Å². The van der Waals surface area contributed by atoms with E-state index in [0.29, 0.717) is 0 Å². The monoisotopic (exact) mass is 187 g/mol. The van der Waals surface area contributed by atoms with Gasteiger partial charge in [0.15, 0.2) is 0 Å². The highest BCUT2D eigenvalue weighted by Crippen LogP contribution is 2.09. The molecule has 1 aliphatic heterocycles. The highest BCUT2D eigenvalue weighted by atomic mass is 32.2. The van der Waals surface area contributed by atoms with Gasteiger partial charge >= 0.3 is 6.41 Å². The summed E-state index contributed by atoms with van der Waals surface area (Å²) in [7, 11) is 0. The molecule has 0 aromatic heterocycles. The van der Waals surface area contributed by atoms with E-state index in [1.54, 1.807) is 11.9 Å². The summed E-state index contributed by atoms with van der Waals surface area (Å²) in [6.07, 6.45) is 8.04. The minimum Gasteiger partial charge on any atom is -0.262 e. The molecule has 12 heavy (non-hydrogen) atoms. The van der Waals surface area contributed by atoms with Crippen molar-refractivity contribution in [3.63, 3.8) is 0 Å². The normalized spacial score (nSPS) is 21.8. The van der Waals surface area contributed by atoms with E-state index in [9.17, 15) is 4.79 Å². The number of hydrogen-bond donors (Lipinski definition) is 1. The van der Waals surface area contributed by atoms with Crippen molar-refractivity contribution in [2.45, 2.75) is 32.1 Å². The van der Waals surface area contributed by atoms with Crippen LogP contribution in [0, 0.1) is 0 Å². The predicted octanol–water partition coefficient (Wildman–Crippen LogP) is 1.47. The minimum absolute atomic E-state index is 0.788. The molecule has 0 aromatic rings. The third kappa shape index (κ3) is 3.97. The molecule has 0 unspecified atom stereocenters. The second kappa shape index (κ2) is 6.31. The number of rotatable bonds is 1. The van der Waals surface area contributed by atoms with Crippen LogP contribution in [0.4, 0.5) is 0 Å². The molecular weight excluding hydrogens is 172 g/mol. The SMILES string of the molecule is O=[C]N1CCCCCCCSN1. The summed E-state index contributed by atoms with van der Waals surface area (Å²) in [6.45, 7) is 0.788. The van der Waals surface area contributed by atoms with Crippen LogP contribution in [0.15, 0.2) is 0 Å². The van der Waals surface area contributed by atoms with E-state index in [0.717, 1.165) is 18.7 Å². The lowest BCUT2D eigenvalue weighted by molar-refractivity contribution is 0.348. The molecule has 1 aliphatic rings. The molecule has 0 saturated carbocycles. The van der Waals surface area contributed by atoms with Gasteiger partial charge in [-0.15, -0.1) is 0 Å². The van der Waals surface area contributed by atoms with Gasteiger partial charge in [0.25, 0.3) is 0 Å². The van der Waals surface area contributed by atoms with E-state index in [1.165, 1.54) is 30.7 Å². The van der Waals surface area contributed by atoms with Crippen molar-refractivity contribution in [1.82, 2.24) is 9.84 Å². The van der Waals surface area contributed by atoms with Gasteiger partial charge in [-0.3, -0.25) is 9.80 Å². The van der Waals surface area contributed by atoms with E-state index in [-0.39, 0.29) is 0 Å². The molecule has 1 N–H and O–H groups in total. The number of nitrogens with zero attached hydrogens (tertiary/aromatic N) is 1. The fourth-order valence-corrected chi connectivity index (χ4v) is 1.93. The molecule has 1 radical (unpaired) electrons. The zero-order valence-corrected chi connectivity index (χ0v) is 8.03. The minimum atomic E-state index is 0.788. The highest BCUT2D eigenvalue weighted by molar-refractivity contribution is 7.97. The van der Waals surface area contributed by atoms with Crippen LogP contribution in [0.3, 0.4) is 0 Å². The fourth-order valence-electron chi connectivity index (χ4n) is 1.21. The Morgan fingerprint density at radius 3 is 2.75 bits per heavy atom. The zero-order chi connectivity index (χ0) is 8.65. The Morgan fingerprint density at radius 1 is 1.17 bits per heavy atom. The van der Waals surface area contributed by atoms with Gasteiger partial charge < -0.3 is 0 Å². The van der Waals surface area contributed by atoms with Gasteiger partial charge in [-0.05, 0) is 12.8 Å². The van der Waals surface area contributed by atoms with Crippen LogP contribution >= 0.6 is 11.9 Å². The van der Waals surface area contributed by atoms with Gasteiger partial charge in [-0.25, -0.2) is 0 Å². The number of nitrogens with one attached hydrogen (secondary N) is 1. The summed E-state index contributed by atoms with van der Waals surface area (Å²) in [5.41, 5.74) is 0. The highest BCUT2D eigenvalue weighted by Gasteiger charge is 2.03. The summed E-state index contributed by atoms with van der Waals surface area (Å²) in [6, 6.07) is 0. The lowest BCUT2D eigenvalue weighted by Crippen LogP contribution is -2.33. The third-order valence-electron chi connectivity index (χ3n) is 1.91. The second-order valence-electron chi connectivity index (χ2n) is 2.95. The van der Waals surface area contributed by atoms with Crippen molar-refractivity contribution in [1.29, 1.82) is 0 Å². The number of carbonyl (C=O) groups excluding carboxylic acids is 1. The predicted molar refractivity (Wildman–Crippen MR) is 51.1 cm³/mol. The van der Waals surface area contributed by atoms with Crippen molar-refractivity contribution in [3.05, 3.63) is 0 Å². The van der Waals surface area contributed by atoms with Crippen molar-refractivity contribution in [3.8, 4) is 0 Å². The Bertz CT molecular complexity index is 122. The second-order valence-corrected chi connectivity index (χ2v) is 3.83. The van der Waals surface area contributed by atoms with Crippen LogP contribution in [0.5, 0.6) is 0 Å².